The van der Waals surface area contributed by atoms with Gasteiger partial charge in [0, 0.05) is 30.7 Å². The summed E-state index contributed by atoms with van der Waals surface area (Å²) >= 11 is 0. The van der Waals surface area contributed by atoms with Crippen LogP contribution >= 0.6 is 0 Å². The van der Waals surface area contributed by atoms with Crippen molar-refractivity contribution in [2.24, 2.45) is 29.1 Å². The summed E-state index contributed by atoms with van der Waals surface area (Å²) in [6.45, 7) is 7.97. The summed E-state index contributed by atoms with van der Waals surface area (Å²) in [6, 6.07) is -0.153. The summed E-state index contributed by atoms with van der Waals surface area (Å²) in [7, 11) is 0. The Labute approximate surface area is 178 Å². The lowest BCUT2D eigenvalue weighted by molar-refractivity contribution is -0.145. The number of hydrogen-bond acceptors (Lipinski definition) is 5. The number of amides is 1. The number of hydrogen-bond donors (Lipinski definition) is 3. The van der Waals surface area contributed by atoms with Crippen molar-refractivity contribution in [1.82, 2.24) is 5.32 Å². The number of carbonyl (C=O) groups is 3. The highest BCUT2D eigenvalue weighted by Gasteiger charge is 2.65. The summed E-state index contributed by atoms with van der Waals surface area (Å²) in [5, 5.41) is 23.4. The number of aliphatic hydroxyl groups excluding tert-OH is 2. The first-order valence-corrected chi connectivity index (χ1v) is 11.2. The molecule has 0 radical (unpaired) electrons. The molecule has 6 heteroatoms. The maximum atomic E-state index is 13.7. The van der Waals surface area contributed by atoms with Crippen LogP contribution in [0.2, 0.25) is 0 Å². The Bertz CT molecular complexity index is 782. The molecule has 1 spiro atoms. The van der Waals surface area contributed by atoms with Crippen molar-refractivity contribution in [3.05, 3.63) is 23.3 Å². The van der Waals surface area contributed by atoms with Gasteiger partial charge in [-0.05, 0) is 43.6 Å². The zero-order chi connectivity index (χ0) is 22.2. The summed E-state index contributed by atoms with van der Waals surface area (Å²) < 4.78 is 0. The first-order chi connectivity index (χ1) is 14.1. The SMILES string of the molecule is CC1=C[C@H]2C=C(CO)[C@@H](C)[C@H]3[C@H](CC(C)C)NC(=O)[C@@]23C(=O)CC[C@@H](O)C(=O)CC1. The minimum atomic E-state index is -1.26. The van der Waals surface area contributed by atoms with Gasteiger partial charge >= 0.3 is 0 Å². The largest absolute Gasteiger partial charge is 0.392 e. The summed E-state index contributed by atoms with van der Waals surface area (Å²) in [6.07, 6.45) is 4.16. The van der Waals surface area contributed by atoms with E-state index in [1.54, 1.807) is 0 Å². The number of aliphatic hydroxyl groups is 2. The van der Waals surface area contributed by atoms with Gasteiger partial charge in [0.1, 0.15) is 17.3 Å². The maximum absolute atomic E-state index is 13.7. The normalized spacial score (nSPS) is 37.7. The molecule has 0 saturated carbocycles. The number of carbonyl (C=O) groups excluding carboxylic acids is 3. The van der Waals surface area contributed by atoms with Gasteiger partial charge in [0.15, 0.2) is 5.78 Å². The summed E-state index contributed by atoms with van der Waals surface area (Å²) in [5.74, 6) is -1.23. The lowest BCUT2D eigenvalue weighted by atomic mass is 9.54. The molecule has 1 heterocycles. The standard InChI is InChI=1S/C24H35NO5/c1-13(2)9-18-22-15(4)16(12-26)11-17-10-14(3)5-6-19(27)20(28)7-8-21(29)24(17,22)23(30)25-18/h10-11,13,15,17-18,20,22,26,28H,5-9,12H2,1-4H3,(H,25,30)/t15-,17+,18+,20-,22+,24-/m1/s1. The van der Waals surface area contributed by atoms with Crippen LogP contribution < -0.4 is 5.32 Å². The Balaban J connectivity index is 2.18. The fourth-order valence-electron chi connectivity index (χ4n) is 5.81. The van der Waals surface area contributed by atoms with Crippen LogP contribution in [-0.2, 0) is 14.4 Å². The second-order valence-corrected chi connectivity index (χ2v) is 9.78. The minimum absolute atomic E-state index is 0.0103. The molecule has 0 aromatic rings. The van der Waals surface area contributed by atoms with E-state index in [-0.39, 0.29) is 61.2 Å². The predicted molar refractivity (Wildman–Crippen MR) is 113 cm³/mol. The van der Waals surface area contributed by atoms with Crippen LogP contribution in [0.5, 0.6) is 0 Å². The van der Waals surface area contributed by atoms with Crippen LogP contribution in [0, 0.1) is 29.1 Å². The van der Waals surface area contributed by atoms with E-state index in [1.807, 2.05) is 26.0 Å². The van der Waals surface area contributed by atoms with Crippen LogP contribution in [0.1, 0.15) is 59.8 Å². The van der Waals surface area contributed by atoms with Gasteiger partial charge in [-0.2, -0.15) is 0 Å². The third-order valence-electron chi connectivity index (χ3n) is 7.31. The van der Waals surface area contributed by atoms with Gasteiger partial charge in [0.25, 0.3) is 0 Å². The average molecular weight is 418 g/mol. The lowest BCUT2D eigenvalue weighted by Gasteiger charge is -2.45. The first-order valence-electron chi connectivity index (χ1n) is 11.2. The minimum Gasteiger partial charge on any atom is -0.392 e. The van der Waals surface area contributed by atoms with Gasteiger partial charge in [-0.15, -0.1) is 0 Å². The van der Waals surface area contributed by atoms with E-state index in [0.717, 1.165) is 17.6 Å². The molecule has 1 amide bonds. The number of allylic oxidation sites excluding steroid dienone is 3. The predicted octanol–water partition coefficient (Wildman–Crippen LogP) is 2.34. The van der Waals surface area contributed by atoms with Crippen LogP contribution in [0.3, 0.4) is 0 Å². The Kier molecular flexibility index (Phi) is 6.68. The molecule has 3 N–H and O–H groups in total. The number of rotatable bonds is 3. The van der Waals surface area contributed by atoms with Crippen LogP contribution in [0.25, 0.3) is 0 Å². The van der Waals surface area contributed by atoms with Crippen molar-refractivity contribution in [3.63, 3.8) is 0 Å². The zero-order valence-corrected chi connectivity index (χ0v) is 18.5. The van der Waals surface area contributed by atoms with E-state index >= 15 is 0 Å². The van der Waals surface area contributed by atoms with Gasteiger partial charge in [-0.1, -0.05) is 38.5 Å². The zero-order valence-electron chi connectivity index (χ0n) is 18.5. The van der Waals surface area contributed by atoms with E-state index in [4.69, 9.17) is 0 Å². The molecule has 3 rings (SSSR count). The van der Waals surface area contributed by atoms with Gasteiger partial charge < -0.3 is 15.5 Å². The summed E-state index contributed by atoms with van der Waals surface area (Å²) in [4.78, 5) is 39.5. The van der Waals surface area contributed by atoms with Crippen molar-refractivity contribution in [2.45, 2.75) is 71.9 Å². The van der Waals surface area contributed by atoms with E-state index in [2.05, 4.69) is 19.2 Å². The average Bonchev–Trinajstić information content (AvgIpc) is 2.97. The Morgan fingerprint density at radius 2 is 1.87 bits per heavy atom. The van der Waals surface area contributed by atoms with Gasteiger partial charge in [0.05, 0.1) is 6.61 Å². The second-order valence-electron chi connectivity index (χ2n) is 9.78. The molecule has 1 saturated heterocycles. The van der Waals surface area contributed by atoms with Gasteiger partial charge in [-0.3, -0.25) is 14.4 Å². The lowest BCUT2D eigenvalue weighted by Crippen LogP contribution is -2.53. The molecule has 1 fully saturated rings. The highest BCUT2D eigenvalue weighted by molar-refractivity contribution is 6.09. The van der Waals surface area contributed by atoms with Crippen molar-refractivity contribution >= 4 is 17.5 Å². The number of ketones is 2. The van der Waals surface area contributed by atoms with Crippen molar-refractivity contribution < 1.29 is 24.6 Å². The van der Waals surface area contributed by atoms with Crippen LogP contribution in [0.4, 0.5) is 0 Å². The van der Waals surface area contributed by atoms with E-state index in [9.17, 15) is 24.6 Å². The van der Waals surface area contributed by atoms with Crippen molar-refractivity contribution in [1.29, 1.82) is 0 Å². The quantitative estimate of drug-likeness (QED) is 0.483. The second kappa shape index (κ2) is 8.75. The van der Waals surface area contributed by atoms with Crippen LogP contribution in [-0.4, -0.2) is 46.4 Å². The van der Waals surface area contributed by atoms with E-state index in [0.29, 0.717) is 12.3 Å². The van der Waals surface area contributed by atoms with Crippen molar-refractivity contribution in [2.75, 3.05) is 6.61 Å². The molecule has 2 aliphatic carbocycles. The number of Topliss-reactive ketones (excluding diaryl/α,β-unsaturated/α-hetero) is 2. The molecule has 1 aliphatic heterocycles. The molecule has 30 heavy (non-hydrogen) atoms. The van der Waals surface area contributed by atoms with Gasteiger partial charge in [0.2, 0.25) is 5.91 Å². The molecule has 0 bridgehead atoms. The Morgan fingerprint density at radius 1 is 1.17 bits per heavy atom. The van der Waals surface area contributed by atoms with Gasteiger partial charge in [-0.25, -0.2) is 0 Å². The maximum Gasteiger partial charge on any atom is 0.235 e. The molecule has 0 aromatic heterocycles. The molecule has 0 aromatic carbocycles. The monoisotopic (exact) mass is 417 g/mol. The Morgan fingerprint density at radius 3 is 2.50 bits per heavy atom. The molecule has 3 aliphatic rings. The highest BCUT2D eigenvalue weighted by Crippen LogP contribution is 2.55. The molecular weight excluding hydrogens is 382 g/mol. The van der Waals surface area contributed by atoms with Crippen molar-refractivity contribution in [3.8, 4) is 0 Å². The third-order valence-corrected chi connectivity index (χ3v) is 7.31. The van der Waals surface area contributed by atoms with E-state index < -0.39 is 17.4 Å². The highest BCUT2D eigenvalue weighted by atomic mass is 16.3. The van der Waals surface area contributed by atoms with E-state index in [1.165, 1.54) is 0 Å². The fraction of sp³-hybridized carbons (Fsp3) is 0.708. The molecule has 0 unspecified atom stereocenters. The van der Waals surface area contributed by atoms with Crippen LogP contribution in [0.15, 0.2) is 23.3 Å². The molecule has 166 valence electrons. The smallest absolute Gasteiger partial charge is 0.235 e. The third kappa shape index (κ3) is 3.80. The fourth-order valence-corrected chi connectivity index (χ4v) is 5.81. The molecular formula is C24H35NO5. The molecule has 6 atom stereocenters. The Hall–Kier alpha value is -1.79. The first kappa shape index (κ1) is 22.9. The number of nitrogens with one attached hydrogen (secondary N) is 1. The topological polar surface area (TPSA) is 104 Å². The molecule has 6 nitrogen and oxygen atoms in total. The summed E-state index contributed by atoms with van der Waals surface area (Å²) in [5.41, 5.74) is 0.511.